The Morgan fingerprint density at radius 1 is 1.28 bits per heavy atom. The van der Waals surface area contributed by atoms with Gasteiger partial charge in [-0.1, -0.05) is 25.5 Å². The van der Waals surface area contributed by atoms with E-state index in [0.29, 0.717) is 25.7 Å². The predicted molar refractivity (Wildman–Crippen MR) is 99.2 cm³/mol. The first-order valence-corrected chi connectivity index (χ1v) is 10.4. The van der Waals surface area contributed by atoms with Gasteiger partial charge in [-0.2, -0.15) is 4.31 Å². The van der Waals surface area contributed by atoms with E-state index in [1.807, 2.05) is 7.05 Å². The van der Waals surface area contributed by atoms with Gasteiger partial charge in [0, 0.05) is 32.7 Å². The van der Waals surface area contributed by atoms with Crippen molar-refractivity contribution >= 4 is 15.9 Å². The summed E-state index contributed by atoms with van der Waals surface area (Å²) in [5, 5.41) is 3.20. The van der Waals surface area contributed by atoms with Crippen LogP contribution in [0.1, 0.15) is 43.0 Å². The van der Waals surface area contributed by atoms with Crippen molar-refractivity contribution in [2.75, 3.05) is 33.7 Å². The summed E-state index contributed by atoms with van der Waals surface area (Å²) in [6.45, 7) is 3.63. The van der Waals surface area contributed by atoms with Gasteiger partial charge < -0.3 is 10.2 Å². The second kappa shape index (κ2) is 8.78. The summed E-state index contributed by atoms with van der Waals surface area (Å²) >= 11 is 0. The lowest BCUT2D eigenvalue weighted by molar-refractivity contribution is 0.0789. The van der Waals surface area contributed by atoms with Gasteiger partial charge in [0.15, 0.2) is 0 Å². The van der Waals surface area contributed by atoms with Crippen LogP contribution in [0.15, 0.2) is 29.2 Å². The maximum atomic E-state index is 13.1. The fraction of sp³-hybridized carbons (Fsp3) is 0.611. The predicted octanol–water partition coefficient (Wildman–Crippen LogP) is 1.93. The number of hydrogen-bond acceptors (Lipinski definition) is 4. The third kappa shape index (κ3) is 4.59. The number of piperidine rings is 1. The maximum absolute atomic E-state index is 13.1. The van der Waals surface area contributed by atoms with E-state index in [1.165, 1.54) is 4.31 Å². The molecule has 1 aliphatic heterocycles. The minimum Gasteiger partial charge on any atom is -0.342 e. The maximum Gasteiger partial charge on any atom is 0.254 e. The lowest BCUT2D eigenvalue weighted by Gasteiger charge is -2.31. The largest absolute Gasteiger partial charge is 0.342 e. The average molecular weight is 368 g/mol. The summed E-state index contributed by atoms with van der Waals surface area (Å²) in [6.07, 6.45) is 3.44. The summed E-state index contributed by atoms with van der Waals surface area (Å²) in [4.78, 5) is 14.5. The van der Waals surface area contributed by atoms with Crippen molar-refractivity contribution in [3.05, 3.63) is 29.8 Å². The second-order valence-electron chi connectivity index (χ2n) is 6.54. The first-order chi connectivity index (χ1) is 11.9. The Labute approximate surface area is 151 Å². The first kappa shape index (κ1) is 19.9. The van der Waals surface area contributed by atoms with E-state index in [1.54, 1.807) is 36.2 Å². The molecule has 1 heterocycles. The highest BCUT2D eigenvalue weighted by Crippen LogP contribution is 2.24. The standard InChI is InChI=1S/C18H29N3O3S/c1-4-5-12-20(3)18(22)16-8-6-7-9-17(16)25(23,24)21-13-10-15(19-2)11-14-21/h6-9,15,19H,4-5,10-14H2,1-3H3. The van der Waals surface area contributed by atoms with Gasteiger partial charge in [-0.05, 0) is 38.4 Å². The molecule has 0 bridgehead atoms. The molecule has 0 radical (unpaired) electrons. The zero-order valence-electron chi connectivity index (χ0n) is 15.4. The van der Waals surface area contributed by atoms with Crippen molar-refractivity contribution in [3.8, 4) is 0 Å². The number of benzene rings is 1. The molecule has 140 valence electrons. The van der Waals surface area contributed by atoms with E-state index < -0.39 is 10.0 Å². The minimum absolute atomic E-state index is 0.117. The Morgan fingerprint density at radius 3 is 2.52 bits per heavy atom. The Balaban J connectivity index is 2.26. The minimum atomic E-state index is -3.67. The molecule has 0 unspecified atom stereocenters. The third-order valence-corrected chi connectivity index (χ3v) is 6.75. The molecule has 2 rings (SSSR count). The van der Waals surface area contributed by atoms with Crippen LogP contribution in [0, 0.1) is 0 Å². The van der Waals surface area contributed by atoms with E-state index in [0.717, 1.165) is 25.7 Å². The Morgan fingerprint density at radius 2 is 1.92 bits per heavy atom. The summed E-state index contributed by atoms with van der Waals surface area (Å²) in [6, 6.07) is 6.89. The molecule has 1 amide bonds. The zero-order valence-corrected chi connectivity index (χ0v) is 16.2. The van der Waals surface area contributed by atoms with E-state index in [4.69, 9.17) is 0 Å². The van der Waals surface area contributed by atoms with Crippen molar-refractivity contribution in [1.29, 1.82) is 0 Å². The molecule has 1 aliphatic rings. The third-order valence-electron chi connectivity index (χ3n) is 4.79. The molecule has 7 heteroatoms. The number of amides is 1. The molecule has 1 saturated heterocycles. The van der Waals surface area contributed by atoms with Crippen molar-refractivity contribution in [2.45, 2.75) is 43.5 Å². The summed E-state index contributed by atoms with van der Waals surface area (Å²) in [5.41, 5.74) is 0.261. The van der Waals surface area contributed by atoms with E-state index in [9.17, 15) is 13.2 Å². The number of hydrogen-bond donors (Lipinski definition) is 1. The van der Waals surface area contributed by atoms with E-state index >= 15 is 0 Å². The van der Waals surface area contributed by atoms with Crippen LogP contribution < -0.4 is 5.32 Å². The molecule has 0 saturated carbocycles. The monoisotopic (exact) mass is 367 g/mol. The highest BCUT2D eigenvalue weighted by molar-refractivity contribution is 7.89. The molecule has 1 N–H and O–H groups in total. The first-order valence-electron chi connectivity index (χ1n) is 8.93. The fourth-order valence-corrected chi connectivity index (χ4v) is 4.75. The van der Waals surface area contributed by atoms with Crippen molar-refractivity contribution in [1.82, 2.24) is 14.5 Å². The number of nitrogens with zero attached hydrogens (tertiary/aromatic N) is 2. The van der Waals surface area contributed by atoms with Crippen LogP contribution in [0.2, 0.25) is 0 Å². The molecule has 0 atom stereocenters. The Hall–Kier alpha value is -1.44. The smallest absolute Gasteiger partial charge is 0.254 e. The van der Waals surface area contributed by atoms with Gasteiger partial charge >= 0.3 is 0 Å². The lowest BCUT2D eigenvalue weighted by atomic mass is 10.1. The van der Waals surface area contributed by atoms with Crippen LogP contribution in [0.25, 0.3) is 0 Å². The molecular formula is C18H29N3O3S. The second-order valence-corrected chi connectivity index (χ2v) is 8.45. The highest BCUT2D eigenvalue weighted by atomic mass is 32.2. The van der Waals surface area contributed by atoms with Crippen LogP contribution in [0.4, 0.5) is 0 Å². The fourth-order valence-electron chi connectivity index (χ4n) is 3.09. The van der Waals surface area contributed by atoms with Crippen molar-refractivity contribution in [2.24, 2.45) is 0 Å². The van der Waals surface area contributed by atoms with Crippen LogP contribution >= 0.6 is 0 Å². The quantitative estimate of drug-likeness (QED) is 0.799. The molecule has 1 aromatic rings. The van der Waals surface area contributed by atoms with Gasteiger partial charge in [-0.25, -0.2) is 8.42 Å². The molecule has 1 fully saturated rings. The zero-order chi connectivity index (χ0) is 18.4. The SMILES string of the molecule is CCCCN(C)C(=O)c1ccccc1S(=O)(=O)N1CCC(NC)CC1. The van der Waals surface area contributed by atoms with Crippen molar-refractivity contribution in [3.63, 3.8) is 0 Å². The topological polar surface area (TPSA) is 69.7 Å². The molecule has 0 spiro atoms. The van der Waals surface area contributed by atoms with E-state index in [-0.39, 0.29) is 16.4 Å². The Kier molecular flexibility index (Phi) is 6.98. The van der Waals surface area contributed by atoms with Gasteiger partial charge in [-0.15, -0.1) is 0 Å². The summed E-state index contributed by atoms with van der Waals surface area (Å²) in [5.74, 6) is -0.238. The molecule has 1 aromatic carbocycles. The van der Waals surface area contributed by atoms with Gasteiger partial charge in [-0.3, -0.25) is 4.79 Å². The number of carbonyl (C=O) groups excluding carboxylic acids is 1. The molecule has 0 aliphatic carbocycles. The lowest BCUT2D eigenvalue weighted by Crippen LogP contribution is -2.44. The van der Waals surface area contributed by atoms with Gasteiger partial charge in [0.05, 0.1) is 10.5 Å². The van der Waals surface area contributed by atoms with Gasteiger partial charge in [0.1, 0.15) is 0 Å². The molecule has 6 nitrogen and oxygen atoms in total. The number of nitrogens with one attached hydrogen (secondary N) is 1. The highest BCUT2D eigenvalue weighted by Gasteiger charge is 2.32. The van der Waals surface area contributed by atoms with Gasteiger partial charge in [0.25, 0.3) is 5.91 Å². The molecule has 0 aromatic heterocycles. The number of carbonyl (C=O) groups is 1. The molecule has 25 heavy (non-hydrogen) atoms. The van der Waals surface area contributed by atoms with Crippen LogP contribution in [0.3, 0.4) is 0 Å². The van der Waals surface area contributed by atoms with E-state index in [2.05, 4.69) is 12.2 Å². The van der Waals surface area contributed by atoms with Crippen molar-refractivity contribution < 1.29 is 13.2 Å². The van der Waals surface area contributed by atoms with Crippen LogP contribution in [-0.2, 0) is 10.0 Å². The number of sulfonamides is 1. The normalized spacial score (nSPS) is 16.8. The number of rotatable bonds is 7. The van der Waals surface area contributed by atoms with Crippen LogP contribution in [-0.4, -0.2) is 63.3 Å². The van der Waals surface area contributed by atoms with Gasteiger partial charge in [0.2, 0.25) is 10.0 Å². The summed E-state index contributed by atoms with van der Waals surface area (Å²) in [7, 11) is -0.0455. The molecular weight excluding hydrogens is 338 g/mol. The van der Waals surface area contributed by atoms with Crippen LogP contribution in [0.5, 0.6) is 0 Å². The Bertz CT molecular complexity index is 683. The average Bonchev–Trinajstić information content (AvgIpc) is 2.65. The number of unbranched alkanes of at least 4 members (excludes halogenated alkanes) is 1. The summed E-state index contributed by atoms with van der Waals surface area (Å²) < 4.78 is 27.7.